The van der Waals surface area contributed by atoms with Gasteiger partial charge in [-0.25, -0.2) is 0 Å². The average Bonchev–Trinajstić information content (AvgIpc) is 2.71. The summed E-state index contributed by atoms with van der Waals surface area (Å²) in [5.74, 6) is 0. The van der Waals surface area contributed by atoms with Gasteiger partial charge in [0.1, 0.15) is 0 Å². The SMILES string of the molecule is C=CCN1[C@@H]2C=C[C@H]1CC(C#N)(c1cncc(I)c1)C2. The molecule has 4 heteroatoms. The molecule has 0 radical (unpaired) electrons. The van der Waals surface area contributed by atoms with Crippen molar-refractivity contribution in [1.82, 2.24) is 9.88 Å². The number of halogens is 1. The molecule has 1 saturated heterocycles. The van der Waals surface area contributed by atoms with Gasteiger partial charge in [0.15, 0.2) is 0 Å². The fourth-order valence-corrected chi connectivity index (χ4v) is 3.87. The van der Waals surface area contributed by atoms with Crippen LogP contribution in [0.3, 0.4) is 0 Å². The number of hydrogen-bond donors (Lipinski definition) is 0. The maximum absolute atomic E-state index is 9.82. The number of fused-ring (bicyclic) bond motifs is 2. The average molecular weight is 377 g/mol. The Morgan fingerprint density at radius 3 is 2.70 bits per heavy atom. The van der Waals surface area contributed by atoms with Crippen molar-refractivity contribution >= 4 is 22.6 Å². The van der Waals surface area contributed by atoms with E-state index in [1.54, 1.807) is 0 Å². The summed E-state index contributed by atoms with van der Waals surface area (Å²) in [5.41, 5.74) is 0.647. The van der Waals surface area contributed by atoms with E-state index in [0.29, 0.717) is 12.1 Å². The summed E-state index contributed by atoms with van der Waals surface area (Å²) in [6.07, 6.45) is 11.8. The monoisotopic (exact) mass is 377 g/mol. The molecule has 0 saturated carbocycles. The quantitative estimate of drug-likeness (QED) is 0.601. The van der Waals surface area contributed by atoms with Crippen LogP contribution in [0.25, 0.3) is 0 Å². The molecule has 3 atom stereocenters. The zero-order valence-corrected chi connectivity index (χ0v) is 13.3. The minimum absolute atomic E-state index is 0.337. The third-order valence-corrected chi connectivity index (χ3v) is 4.92. The highest BCUT2D eigenvalue weighted by atomic mass is 127. The molecule has 3 nitrogen and oxygen atoms in total. The van der Waals surface area contributed by atoms with Gasteiger partial charge in [-0.15, -0.1) is 6.58 Å². The van der Waals surface area contributed by atoms with Crippen molar-refractivity contribution in [1.29, 1.82) is 5.26 Å². The molecule has 3 heterocycles. The molecule has 0 aromatic carbocycles. The van der Waals surface area contributed by atoms with Crippen molar-refractivity contribution in [3.8, 4) is 6.07 Å². The summed E-state index contributed by atoms with van der Waals surface area (Å²) in [6, 6.07) is 5.36. The maximum Gasteiger partial charge on any atom is 0.0873 e. The van der Waals surface area contributed by atoms with Gasteiger partial charge >= 0.3 is 0 Å². The molecular weight excluding hydrogens is 361 g/mol. The van der Waals surface area contributed by atoms with Gasteiger partial charge in [-0.05, 0) is 47.1 Å². The van der Waals surface area contributed by atoms with Gasteiger partial charge < -0.3 is 0 Å². The molecule has 2 aliphatic rings. The molecule has 3 rings (SSSR count). The summed E-state index contributed by atoms with van der Waals surface area (Å²) in [6.45, 7) is 4.72. The van der Waals surface area contributed by atoms with Gasteiger partial charge in [-0.1, -0.05) is 18.2 Å². The minimum atomic E-state index is -0.412. The first-order valence-corrected chi connectivity index (χ1v) is 7.84. The van der Waals surface area contributed by atoms with E-state index in [1.165, 1.54) is 0 Å². The van der Waals surface area contributed by atoms with Crippen LogP contribution in [-0.2, 0) is 5.41 Å². The summed E-state index contributed by atoms with van der Waals surface area (Å²) in [7, 11) is 0. The molecular formula is C16H16IN3. The fourth-order valence-electron chi connectivity index (χ4n) is 3.38. The molecule has 1 aromatic rings. The lowest BCUT2D eigenvalue weighted by Crippen LogP contribution is -2.49. The van der Waals surface area contributed by atoms with E-state index in [9.17, 15) is 5.26 Å². The Labute approximate surface area is 133 Å². The molecule has 1 unspecified atom stereocenters. The maximum atomic E-state index is 9.82. The van der Waals surface area contributed by atoms with Gasteiger partial charge in [0.2, 0.25) is 0 Å². The molecule has 0 aliphatic carbocycles. The number of rotatable bonds is 3. The molecule has 2 bridgehead atoms. The third-order valence-electron chi connectivity index (χ3n) is 4.33. The van der Waals surface area contributed by atoms with E-state index >= 15 is 0 Å². The van der Waals surface area contributed by atoms with E-state index in [1.807, 2.05) is 18.5 Å². The summed E-state index contributed by atoms with van der Waals surface area (Å²) >= 11 is 2.26. The molecule has 1 aromatic heterocycles. The van der Waals surface area contributed by atoms with Gasteiger partial charge in [0.25, 0.3) is 0 Å². The van der Waals surface area contributed by atoms with Crippen LogP contribution in [0.2, 0.25) is 0 Å². The summed E-state index contributed by atoms with van der Waals surface area (Å²) in [5, 5.41) is 9.82. The number of pyridine rings is 1. The number of hydrogen-bond acceptors (Lipinski definition) is 3. The van der Waals surface area contributed by atoms with Crippen molar-refractivity contribution in [2.75, 3.05) is 6.54 Å². The molecule has 0 spiro atoms. The van der Waals surface area contributed by atoms with Crippen LogP contribution in [-0.4, -0.2) is 28.5 Å². The van der Waals surface area contributed by atoms with Crippen molar-refractivity contribution in [3.05, 3.63) is 52.4 Å². The van der Waals surface area contributed by atoms with Crippen LogP contribution in [0.15, 0.2) is 43.3 Å². The zero-order chi connectivity index (χ0) is 14.2. The highest BCUT2D eigenvalue weighted by Gasteiger charge is 2.47. The second-order valence-electron chi connectivity index (χ2n) is 5.50. The Morgan fingerprint density at radius 1 is 1.45 bits per heavy atom. The lowest BCUT2D eigenvalue weighted by Gasteiger charge is -2.43. The number of aromatic nitrogens is 1. The second kappa shape index (κ2) is 5.30. The molecule has 1 fully saturated rings. The Hall–Kier alpha value is -1.19. The Morgan fingerprint density at radius 2 is 2.15 bits per heavy atom. The first-order valence-electron chi connectivity index (χ1n) is 6.76. The van der Waals surface area contributed by atoms with Crippen molar-refractivity contribution in [3.63, 3.8) is 0 Å². The Kier molecular flexibility index (Phi) is 3.65. The predicted octanol–water partition coefficient (Wildman–Crippen LogP) is 3.04. The summed E-state index contributed by atoms with van der Waals surface area (Å²) < 4.78 is 1.09. The van der Waals surface area contributed by atoms with Crippen LogP contribution < -0.4 is 0 Å². The zero-order valence-electron chi connectivity index (χ0n) is 11.2. The number of nitriles is 1. The van der Waals surface area contributed by atoms with Crippen LogP contribution >= 0.6 is 22.6 Å². The topological polar surface area (TPSA) is 39.9 Å². The van der Waals surface area contributed by atoms with E-state index in [0.717, 1.165) is 28.5 Å². The van der Waals surface area contributed by atoms with Gasteiger partial charge in [0.05, 0.1) is 11.5 Å². The highest BCUT2D eigenvalue weighted by molar-refractivity contribution is 14.1. The highest BCUT2D eigenvalue weighted by Crippen LogP contribution is 2.44. The third kappa shape index (κ3) is 2.19. The fraction of sp³-hybridized carbons (Fsp3) is 0.375. The van der Waals surface area contributed by atoms with Crippen LogP contribution in [0.1, 0.15) is 18.4 Å². The molecule has 2 aliphatic heterocycles. The smallest absolute Gasteiger partial charge is 0.0873 e. The predicted molar refractivity (Wildman–Crippen MR) is 87.1 cm³/mol. The van der Waals surface area contributed by atoms with Crippen molar-refractivity contribution < 1.29 is 0 Å². The van der Waals surface area contributed by atoms with E-state index < -0.39 is 5.41 Å². The normalized spacial score (nSPS) is 32.0. The molecule has 0 N–H and O–H groups in total. The van der Waals surface area contributed by atoms with Crippen molar-refractivity contribution in [2.24, 2.45) is 0 Å². The molecule has 102 valence electrons. The van der Waals surface area contributed by atoms with E-state index in [-0.39, 0.29) is 0 Å². The van der Waals surface area contributed by atoms with Crippen LogP contribution in [0.4, 0.5) is 0 Å². The van der Waals surface area contributed by atoms with Crippen molar-refractivity contribution in [2.45, 2.75) is 30.3 Å². The van der Waals surface area contributed by atoms with Crippen LogP contribution in [0, 0.1) is 14.9 Å². The lowest BCUT2D eigenvalue weighted by molar-refractivity contribution is 0.133. The van der Waals surface area contributed by atoms with E-state index in [2.05, 4.69) is 63.3 Å². The number of nitrogens with zero attached hydrogens (tertiary/aromatic N) is 3. The molecule has 20 heavy (non-hydrogen) atoms. The number of piperidine rings is 1. The largest absolute Gasteiger partial charge is 0.287 e. The summed E-state index contributed by atoms with van der Waals surface area (Å²) in [4.78, 5) is 6.69. The first-order chi connectivity index (χ1) is 9.68. The Bertz CT molecular complexity index is 586. The lowest BCUT2D eigenvalue weighted by atomic mass is 9.71. The molecule has 0 amide bonds. The Balaban J connectivity index is 1.94. The van der Waals surface area contributed by atoms with Crippen LogP contribution in [0.5, 0.6) is 0 Å². The van der Waals surface area contributed by atoms with Gasteiger partial charge in [0, 0.05) is 34.6 Å². The van der Waals surface area contributed by atoms with Gasteiger partial charge in [-0.2, -0.15) is 5.26 Å². The first kappa shape index (κ1) is 13.8. The van der Waals surface area contributed by atoms with Gasteiger partial charge in [-0.3, -0.25) is 9.88 Å². The van der Waals surface area contributed by atoms with E-state index in [4.69, 9.17) is 0 Å². The second-order valence-corrected chi connectivity index (χ2v) is 6.74. The standard InChI is InChI=1S/C16H16IN3/c1-2-5-20-14-3-4-15(20)8-16(7-14,11-18)12-6-13(17)10-19-9-12/h2-4,6,9-10,14-15H,1,5,7-8H2/t14-,15+,16?. The minimum Gasteiger partial charge on any atom is -0.287 e.